The average Bonchev–Trinajstić information content (AvgIpc) is 2.37. The van der Waals surface area contributed by atoms with Crippen LogP contribution in [0.15, 0.2) is 22.7 Å². The van der Waals surface area contributed by atoms with E-state index in [1.807, 2.05) is 0 Å². The molecule has 0 unspecified atom stereocenters. The zero-order valence-electron chi connectivity index (χ0n) is 10.8. The first-order valence-electron chi connectivity index (χ1n) is 6.26. The fraction of sp³-hybridized carbons (Fsp3) is 0.538. The topological polar surface area (TPSA) is 64.4 Å². The number of anilines is 1. The molecule has 1 aliphatic heterocycles. The lowest BCUT2D eigenvalue weighted by molar-refractivity contribution is -0.384. The maximum atomic E-state index is 11.0. The van der Waals surface area contributed by atoms with E-state index in [1.165, 1.54) is 6.07 Å². The Morgan fingerprint density at radius 1 is 1.47 bits per heavy atom. The zero-order chi connectivity index (χ0) is 13.9. The van der Waals surface area contributed by atoms with Gasteiger partial charge in [-0.15, -0.1) is 0 Å². The molecule has 0 spiro atoms. The van der Waals surface area contributed by atoms with Gasteiger partial charge in [-0.25, -0.2) is 0 Å². The summed E-state index contributed by atoms with van der Waals surface area (Å²) in [5, 5.41) is 14.2. The molecule has 5 nitrogen and oxygen atoms in total. The third-order valence-corrected chi connectivity index (χ3v) is 4.05. The number of halogens is 1. The summed E-state index contributed by atoms with van der Waals surface area (Å²) in [6.45, 7) is 4.43. The van der Waals surface area contributed by atoms with E-state index in [0.29, 0.717) is 12.2 Å². The minimum absolute atomic E-state index is 0.110. The molecule has 0 amide bonds. The monoisotopic (exact) mass is 328 g/mol. The molecule has 0 radical (unpaired) electrons. The van der Waals surface area contributed by atoms with Gasteiger partial charge in [0.25, 0.3) is 5.69 Å². The lowest BCUT2D eigenvalue weighted by Gasteiger charge is -2.33. The number of nitro benzene ring substituents is 1. The fourth-order valence-electron chi connectivity index (χ4n) is 2.16. The zero-order valence-corrected chi connectivity index (χ0v) is 12.4. The van der Waals surface area contributed by atoms with Gasteiger partial charge >= 0.3 is 0 Å². The molecule has 1 aromatic carbocycles. The van der Waals surface area contributed by atoms with Crippen molar-refractivity contribution < 1.29 is 9.66 Å². The number of nitro groups is 1. The van der Waals surface area contributed by atoms with Crippen LogP contribution in [0, 0.1) is 15.5 Å². The molecule has 0 saturated carbocycles. The SMILES string of the molecule is CC1(CNc2cc(Br)ccc2[N+](=O)[O-])CCOCC1. The molecule has 6 heteroatoms. The van der Waals surface area contributed by atoms with Gasteiger partial charge in [0, 0.05) is 30.3 Å². The first-order valence-corrected chi connectivity index (χ1v) is 7.05. The third-order valence-electron chi connectivity index (χ3n) is 3.56. The van der Waals surface area contributed by atoms with Gasteiger partial charge in [0.15, 0.2) is 0 Å². The lowest BCUT2D eigenvalue weighted by Crippen LogP contribution is -2.33. The van der Waals surface area contributed by atoms with Crippen molar-refractivity contribution in [3.05, 3.63) is 32.8 Å². The van der Waals surface area contributed by atoms with E-state index in [0.717, 1.165) is 30.5 Å². The number of hydrogen-bond acceptors (Lipinski definition) is 4. The Morgan fingerprint density at radius 2 is 2.16 bits per heavy atom. The van der Waals surface area contributed by atoms with E-state index < -0.39 is 0 Å². The Hall–Kier alpha value is -1.14. The summed E-state index contributed by atoms with van der Waals surface area (Å²) in [7, 11) is 0. The van der Waals surface area contributed by atoms with E-state index in [4.69, 9.17) is 4.74 Å². The van der Waals surface area contributed by atoms with E-state index in [2.05, 4.69) is 28.2 Å². The molecule has 1 heterocycles. The molecule has 1 N–H and O–H groups in total. The van der Waals surface area contributed by atoms with Gasteiger partial charge in [-0.3, -0.25) is 10.1 Å². The largest absolute Gasteiger partial charge is 0.381 e. The highest BCUT2D eigenvalue weighted by Crippen LogP contribution is 2.33. The first-order chi connectivity index (χ1) is 9.00. The van der Waals surface area contributed by atoms with Crippen LogP contribution in [-0.2, 0) is 4.74 Å². The molecule has 0 aliphatic carbocycles. The van der Waals surface area contributed by atoms with Crippen molar-refractivity contribution in [2.45, 2.75) is 19.8 Å². The number of rotatable bonds is 4. The summed E-state index contributed by atoms with van der Waals surface area (Å²) in [6.07, 6.45) is 1.95. The second-order valence-corrected chi connectivity index (χ2v) is 6.11. The minimum atomic E-state index is -0.360. The van der Waals surface area contributed by atoms with Crippen LogP contribution in [0.5, 0.6) is 0 Å². The molecule has 104 valence electrons. The van der Waals surface area contributed by atoms with Crippen LogP contribution in [0.4, 0.5) is 11.4 Å². The molecular weight excluding hydrogens is 312 g/mol. The molecule has 0 bridgehead atoms. The Bertz CT molecular complexity index is 473. The van der Waals surface area contributed by atoms with Gasteiger partial charge in [0.2, 0.25) is 0 Å². The molecule has 1 saturated heterocycles. The maximum Gasteiger partial charge on any atom is 0.292 e. The van der Waals surface area contributed by atoms with Gasteiger partial charge in [-0.05, 0) is 30.4 Å². The predicted molar refractivity (Wildman–Crippen MR) is 77.4 cm³/mol. The van der Waals surface area contributed by atoms with Crippen LogP contribution in [0.3, 0.4) is 0 Å². The highest BCUT2D eigenvalue weighted by atomic mass is 79.9. The Morgan fingerprint density at radius 3 is 2.79 bits per heavy atom. The molecule has 2 rings (SSSR count). The Labute approximate surface area is 120 Å². The van der Waals surface area contributed by atoms with Crippen LogP contribution in [0.1, 0.15) is 19.8 Å². The molecule has 0 atom stereocenters. The van der Waals surface area contributed by atoms with E-state index in [1.54, 1.807) is 12.1 Å². The third kappa shape index (κ3) is 3.67. The van der Waals surface area contributed by atoms with Gasteiger partial charge in [0.05, 0.1) is 4.92 Å². The lowest BCUT2D eigenvalue weighted by atomic mass is 9.82. The van der Waals surface area contributed by atoms with Crippen LogP contribution >= 0.6 is 15.9 Å². The number of nitrogens with zero attached hydrogens (tertiary/aromatic N) is 1. The van der Waals surface area contributed by atoms with Crippen molar-refractivity contribution in [1.82, 2.24) is 0 Å². The summed E-state index contributed by atoms with van der Waals surface area (Å²) in [5.41, 5.74) is 0.806. The van der Waals surface area contributed by atoms with Gasteiger partial charge in [-0.2, -0.15) is 0 Å². The normalized spacial score (nSPS) is 18.0. The van der Waals surface area contributed by atoms with Crippen LogP contribution in [-0.4, -0.2) is 24.7 Å². The van der Waals surface area contributed by atoms with E-state index >= 15 is 0 Å². The quantitative estimate of drug-likeness (QED) is 0.677. The second-order valence-electron chi connectivity index (χ2n) is 5.20. The standard InChI is InChI=1S/C13H17BrN2O3/c1-13(4-6-19-7-5-13)9-15-11-8-10(14)2-3-12(11)16(17)18/h2-3,8,15H,4-7,9H2,1H3. The average molecular weight is 329 g/mol. The van der Waals surface area contributed by atoms with Crippen molar-refractivity contribution in [1.29, 1.82) is 0 Å². The van der Waals surface area contributed by atoms with Crippen molar-refractivity contribution in [3.8, 4) is 0 Å². The maximum absolute atomic E-state index is 11.0. The van der Waals surface area contributed by atoms with Gasteiger partial charge in [0.1, 0.15) is 5.69 Å². The number of ether oxygens (including phenoxy) is 1. The summed E-state index contributed by atoms with van der Waals surface area (Å²) >= 11 is 3.34. The van der Waals surface area contributed by atoms with Crippen molar-refractivity contribution >= 4 is 27.3 Å². The fourth-order valence-corrected chi connectivity index (χ4v) is 2.52. The van der Waals surface area contributed by atoms with E-state index in [9.17, 15) is 10.1 Å². The minimum Gasteiger partial charge on any atom is -0.381 e. The molecular formula is C13H17BrN2O3. The van der Waals surface area contributed by atoms with Crippen LogP contribution in [0.2, 0.25) is 0 Å². The van der Waals surface area contributed by atoms with Gasteiger partial charge in [-0.1, -0.05) is 22.9 Å². The van der Waals surface area contributed by atoms with Crippen molar-refractivity contribution in [2.24, 2.45) is 5.41 Å². The van der Waals surface area contributed by atoms with E-state index in [-0.39, 0.29) is 16.0 Å². The van der Waals surface area contributed by atoms with Crippen LogP contribution < -0.4 is 5.32 Å². The number of benzene rings is 1. The molecule has 1 aliphatic rings. The first kappa shape index (κ1) is 14.3. The molecule has 19 heavy (non-hydrogen) atoms. The summed E-state index contributed by atoms with van der Waals surface area (Å²) in [5.74, 6) is 0. The Kier molecular flexibility index (Phi) is 4.42. The Balaban J connectivity index is 2.10. The van der Waals surface area contributed by atoms with Crippen LogP contribution in [0.25, 0.3) is 0 Å². The second kappa shape index (κ2) is 5.88. The van der Waals surface area contributed by atoms with Crippen molar-refractivity contribution in [3.63, 3.8) is 0 Å². The highest BCUT2D eigenvalue weighted by molar-refractivity contribution is 9.10. The smallest absolute Gasteiger partial charge is 0.292 e. The summed E-state index contributed by atoms with van der Waals surface area (Å²) in [6, 6.07) is 4.94. The van der Waals surface area contributed by atoms with Crippen molar-refractivity contribution in [2.75, 3.05) is 25.1 Å². The summed E-state index contributed by atoms with van der Waals surface area (Å²) < 4.78 is 6.19. The molecule has 1 aromatic rings. The predicted octanol–water partition coefficient (Wildman–Crippen LogP) is 3.59. The molecule has 0 aromatic heterocycles. The van der Waals surface area contributed by atoms with Gasteiger partial charge < -0.3 is 10.1 Å². The highest BCUT2D eigenvalue weighted by Gasteiger charge is 2.28. The number of nitrogens with one attached hydrogen (secondary N) is 1. The summed E-state index contributed by atoms with van der Waals surface area (Å²) in [4.78, 5) is 10.6. The molecule has 1 fully saturated rings. The number of hydrogen-bond donors (Lipinski definition) is 1.